The van der Waals surface area contributed by atoms with Gasteiger partial charge in [0.1, 0.15) is 0 Å². The van der Waals surface area contributed by atoms with E-state index in [0.29, 0.717) is 6.04 Å². The number of hydrogen-bond donors (Lipinski definition) is 1. The molecular weight excluding hydrogens is 427 g/mol. The zero-order valence-corrected chi connectivity index (χ0v) is 18.2. The fraction of sp³-hybridized carbons (Fsp3) is 0.947. The molecule has 3 rings (SSSR count). The van der Waals surface area contributed by atoms with Crippen LogP contribution in [0.4, 0.5) is 0 Å². The minimum atomic E-state index is 0. The van der Waals surface area contributed by atoms with Gasteiger partial charge in [-0.25, -0.2) is 0 Å². The van der Waals surface area contributed by atoms with Crippen LogP contribution in [0.1, 0.15) is 51.4 Å². The van der Waals surface area contributed by atoms with Gasteiger partial charge in [-0.1, -0.05) is 38.5 Å². The molecule has 3 fully saturated rings. The van der Waals surface area contributed by atoms with Gasteiger partial charge in [-0.3, -0.25) is 9.89 Å². The second-order valence-electron chi connectivity index (χ2n) is 7.66. The molecule has 1 unspecified atom stereocenters. The van der Waals surface area contributed by atoms with E-state index in [4.69, 9.17) is 4.74 Å². The zero-order valence-electron chi connectivity index (χ0n) is 15.9. The lowest BCUT2D eigenvalue weighted by atomic mass is 10.0. The van der Waals surface area contributed by atoms with E-state index in [1.807, 2.05) is 7.05 Å². The van der Waals surface area contributed by atoms with Crippen LogP contribution in [0.15, 0.2) is 4.99 Å². The molecule has 0 aromatic rings. The van der Waals surface area contributed by atoms with Crippen LogP contribution < -0.4 is 5.32 Å². The third-order valence-corrected chi connectivity index (χ3v) is 6.03. The van der Waals surface area contributed by atoms with Crippen LogP contribution in [0.5, 0.6) is 0 Å². The van der Waals surface area contributed by atoms with E-state index >= 15 is 0 Å². The molecule has 2 heterocycles. The number of likely N-dealkylation sites (tertiary alicyclic amines) is 1. The monoisotopic (exact) mass is 464 g/mol. The Kier molecular flexibility index (Phi) is 9.84. The summed E-state index contributed by atoms with van der Waals surface area (Å²) in [7, 11) is 1.92. The molecule has 5 nitrogen and oxygen atoms in total. The standard InChI is InChI=1S/C19H36N4O.HI/c1-20-19(21-10-5-4-8-17-6-2-3-7-17)23-11-9-18(16-23)22-12-14-24-15-13-22;/h17-18H,2-16H2,1H3,(H,20,21);1H. The van der Waals surface area contributed by atoms with Gasteiger partial charge in [-0.2, -0.15) is 0 Å². The van der Waals surface area contributed by atoms with E-state index in [1.165, 1.54) is 51.4 Å². The highest BCUT2D eigenvalue weighted by Gasteiger charge is 2.30. The van der Waals surface area contributed by atoms with Crippen molar-refractivity contribution in [1.82, 2.24) is 15.1 Å². The van der Waals surface area contributed by atoms with Gasteiger partial charge >= 0.3 is 0 Å². The minimum absolute atomic E-state index is 0. The summed E-state index contributed by atoms with van der Waals surface area (Å²) in [4.78, 5) is 9.55. The van der Waals surface area contributed by atoms with Crippen molar-refractivity contribution < 1.29 is 4.74 Å². The van der Waals surface area contributed by atoms with Crippen molar-refractivity contribution in [2.75, 3.05) is 53.0 Å². The molecule has 0 bridgehead atoms. The Balaban J connectivity index is 0.00000225. The molecule has 2 aliphatic heterocycles. The van der Waals surface area contributed by atoms with E-state index < -0.39 is 0 Å². The highest BCUT2D eigenvalue weighted by molar-refractivity contribution is 14.0. The van der Waals surface area contributed by atoms with Crippen LogP contribution in [0.25, 0.3) is 0 Å². The summed E-state index contributed by atoms with van der Waals surface area (Å²) in [5.41, 5.74) is 0. The number of nitrogens with one attached hydrogen (secondary N) is 1. The first-order chi connectivity index (χ1) is 11.9. The smallest absolute Gasteiger partial charge is 0.193 e. The second kappa shape index (κ2) is 11.6. The fourth-order valence-electron chi connectivity index (χ4n) is 4.56. The van der Waals surface area contributed by atoms with Gasteiger partial charge in [-0.05, 0) is 18.8 Å². The Morgan fingerprint density at radius 1 is 1.08 bits per heavy atom. The number of guanidine groups is 1. The van der Waals surface area contributed by atoms with Crippen LogP contribution in [0, 0.1) is 5.92 Å². The van der Waals surface area contributed by atoms with Gasteiger partial charge in [0.2, 0.25) is 0 Å². The molecule has 1 saturated carbocycles. The topological polar surface area (TPSA) is 40.1 Å². The van der Waals surface area contributed by atoms with Crippen LogP contribution in [-0.2, 0) is 4.74 Å². The summed E-state index contributed by atoms with van der Waals surface area (Å²) >= 11 is 0. The first kappa shape index (κ1) is 21.2. The van der Waals surface area contributed by atoms with E-state index in [-0.39, 0.29) is 24.0 Å². The van der Waals surface area contributed by atoms with E-state index in [9.17, 15) is 0 Å². The largest absolute Gasteiger partial charge is 0.379 e. The van der Waals surface area contributed by atoms with E-state index in [2.05, 4.69) is 20.1 Å². The molecule has 0 aromatic carbocycles. The van der Waals surface area contributed by atoms with Crippen LogP contribution in [-0.4, -0.2) is 74.8 Å². The van der Waals surface area contributed by atoms with E-state index in [1.54, 1.807) is 0 Å². The molecule has 1 N–H and O–H groups in total. The Bertz CT molecular complexity index is 395. The average molecular weight is 464 g/mol. The van der Waals surface area contributed by atoms with Gasteiger partial charge in [0.15, 0.2) is 5.96 Å². The third-order valence-electron chi connectivity index (χ3n) is 6.03. The van der Waals surface area contributed by atoms with Crippen LogP contribution in [0.3, 0.4) is 0 Å². The molecule has 1 aliphatic carbocycles. The first-order valence-corrected chi connectivity index (χ1v) is 10.1. The quantitative estimate of drug-likeness (QED) is 0.284. The number of unbranched alkanes of at least 4 members (excludes halogenated alkanes) is 1. The summed E-state index contributed by atoms with van der Waals surface area (Å²) in [6.45, 7) is 7.27. The Morgan fingerprint density at radius 2 is 1.84 bits per heavy atom. The molecule has 6 heteroatoms. The number of rotatable bonds is 6. The Labute approximate surface area is 171 Å². The molecule has 0 aromatic heterocycles. The number of aliphatic imine (C=N–C) groups is 1. The number of ether oxygens (including phenoxy) is 1. The maximum absolute atomic E-state index is 5.48. The van der Waals surface area contributed by atoms with Crippen LogP contribution >= 0.6 is 24.0 Å². The van der Waals surface area contributed by atoms with Crippen molar-refractivity contribution >= 4 is 29.9 Å². The van der Waals surface area contributed by atoms with Gasteiger partial charge < -0.3 is 15.0 Å². The maximum Gasteiger partial charge on any atom is 0.193 e. The lowest BCUT2D eigenvalue weighted by Gasteiger charge is -2.32. The summed E-state index contributed by atoms with van der Waals surface area (Å²) in [5.74, 6) is 2.13. The normalized spacial score (nSPS) is 26.0. The van der Waals surface area contributed by atoms with Crippen molar-refractivity contribution in [3.8, 4) is 0 Å². The average Bonchev–Trinajstić information content (AvgIpc) is 3.31. The van der Waals surface area contributed by atoms with Crippen molar-refractivity contribution in [2.45, 2.75) is 57.4 Å². The molecule has 3 aliphatic rings. The lowest BCUT2D eigenvalue weighted by molar-refractivity contribution is 0.0195. The van der Waals surface area contributed by atoms with Gasteiger partial charge in [0.25, 0.3) is 0 Å². The minimum Gasteiger partial charge on any atom is -0.379 e. The van der Waals surface area contributed by atoms with Gasteiger partial charge in [0.05, 0.1) is 13.2 Å². The molecule has 1 atom stereocenters. The number of morpholine rings is 1. The Morgan fingerprint density at radius 3 is 2.56 bits per heavy atom. The number of nitrogens with zero attached hydrogens (tertiary/aromatic N) is 3. The molecule has 0 radical (unpaired) electrons. The fourth-order valence-corrected chi connectivity index (χ4v) is 4.56. The second-order valence-corrected chi connectivity index (χ2v) is 7.66. The molecular formula is C19H37IN4O. The number of halogens is 1. The van der Waals surface area contributed by atoms with Gasteiger partial charge in [0, 0.05) is 45.8 Å². The Hall–Kier alpha value is -0.0800. The number of hydrogen-bond acceptors (Lipinski definition) is 3. The van der Waals surface area contributed by atoms with Crippen molar-refractivity contribution in [1.29, 1.82) is 0 Å². The maximum atomic E-state index is 5.48. The predicted molar refractivity (Wildman–Crippen MR) is 115 cm³/mol. The molecule has 2 saturated heterocycles. The van der Waals surface area contributed by atoms with Crippen molar-refractivity contribution in [3.05, 3.63) is 0 Å². The molecule has 25 heavy (non-hydrogen) atoms. The van der Waals surface area contributed by atoms with Crippen molar-refractivity contribution in [3.63, 3.8) is 0 Å². The summed E-state index contributed by atoms with van der Waals surface area (Å²) in [6, 6.07) is 0.676. The summed E-state index contributed by atoms with van der Waals surface area (Å²) in [6.07, 6.45) is 11.2. The highest BCUT2D eigenvalue weighted by atomic mass is 127. The molecule has 0 amide bonds. The zero-order chi connectivity index (χ0) is 16.6. The highest BCUT2D eigenvalue weighted by Crippen LogP contribution is 2.28. The third kappa shape index (κ3) is 6.54. The van der Waals surface area contributed by atoms with Crippen LogP contribution in [0.2, 0.25) is 0 Å². The van der Waals surface area contributed by atoms with E-state index in [0.717, 1.165) is 57.8 Å². The summed E-state index contributed by atoms with van der Waals surface area (Å²) in [5, 5.41) is 3.59. The summed E-state index contributed by atoms with van der Waals surface area (Å²) < 4.78 is 5.48. The first-order valence-electron chi connectivity index (χ1n) is 10.1. The van der Waals surface area contributed by atoms with Gasteiger partial charge in [-0.15, -0.1) is 24.0 Å². The van der Waals surface area contributed by atoms with Crippen molar-refractivity contribution in [2.24, 2.45) is 10.9 Å². The molecule has 146 valence electrons. The predicted octanol–water partition coefficient (Wildman–Crippen LogP) is 2.95. The SMILES string of the molecule is CN=C(NCCCCC1CCCC1)N1CCC(N2CCOCC2)C1.I. The lowest BCUT2D eigenvalue weighted by Crippen LogP contribution is -2.46. The molecule has 0 spiro atoms.